The highest BCUT2D eigenvalue weighted by atomic mass is 28.4. The molecule has 0 aliphatic carbocycles. The van der Waals surface area contributed by atoms with Crippen LogP contribution in [0, 0.1) is 0 Å². The summed E-state index contributed by atoms with van der Waals surface area (Å²) in [6.45, 7) is 10.5. The molecular formula is C13H24O5Si. The van der Waals surface area contributed by atoms with Gasteiger partial charge >= 0.3 is 5.97 Å². The van der Waals surface area contributed by atoms with Crippen LogP contribution in [0.25, 0.3) is 0 Å². The number of carbonyl (C=O) groups is 1. The van der Waals surface area contributed by atoms with Crippen molar-refractivity contribution in [3.63, 3.8) is 0 Å². The molecule has 0 saturated heterocycles. The number of methoxy groups -OCH3 is 1. The standard InChI is InChI=1S/C13H24O5Si/c1-13(2,3)19(5,6)18-9-7-8-17-11(10(9)14)12(15)16-4/h7-11,14H,1-6H3/t9-,10+,11+/m1/s1. The quantitative estimate of drug-likeness (QED) is 0.634. The van der Waals surface area contributed by atoms with E-state index in [1.807, 2.05) is 0 Å². The first kappa shape index (κ1) is 16.2. The molecule has 1 heterocycles. The monoisotopic (exact) mass is 288 g/mol. The van der Waals surface area contributed by atoms with Gasteiger partial charge in [-0.15, -0.1) is 0 Å². The molecule has 5 nitrogen and oxygen atoms in total. The number of aliphatic hydroxyl groups is 1. The summed E-state index contributed by atoms with van der Waals surface area (Å²) in [4.78, 5) is 11.5. The largest absolute Gasteiger partial charge is 0.484 e. The van der Waals surface area contributed by atoms with Crippen molar-refractivity contribution in [1.82, 2.24) is 0 Å². The van der Waals surface area contributed by atoms with Crippen molar-refractivity contribution in [3.8, 4) is 0 Å². The van der Waals surface area contributed by atoms with Gasteiger partial charge in [0.2, 0.25) is 6.10 Å². The van der Waals surface area contributed by atoms with Crippen LogP contribution >= 0.6 is 0 Å². The molecular weight excluding hydrogens is 264 g/mol. The number of esters is 1. The topological polar surface area (TPSA) is 65.0 Å². The molecule has 6 heteroatoms. The molecule has 0 fully saturated rings. The van der Waals surface area contributed by atoms with Crippen molar-refractivity contribution in [2.45, 2.75) is 57.2 Å². The Morgan fingerprint density at radius 3 is 2.42 bits per heavy atom. The normalized spacial score (nSPS) is 27.8. The molecule has 0 unspecified atom stereocenters. The van der Waals surface area contributed by atoms with E-state index in [2.05, 4.69) is 38.6 Å². The molecule has 0 aromatic heterocycles. The van der Waals surface area contributed by atoms with E-state index < -0.39 is 32.6 Å². The Kier molecular flexibility index (Phi) is 4.81. The Balaban J connectivity index is 2.82. The average Bonchev–Trinajstić information content (AvgIpc) is 2.29. The summed E-state index contributed by atoms with van der Waals surface area (Å²) in [6, 6.07) is 0. The first-order chi connectivity index (χ1) is 8.60. The Bertz CT molecular complexity index is 359. The van der Waals surface area contributed by atoms with E-state index in [4.69, 9.17) is 9.16 Å². The number of rotatable bonds is 3. The second-order valence-electron chi connectivity index (χ2n) is 6.24. The van der Waals surface area contributed by atoms with Gasteiger partial charge < -0.3 is 19.0 Å². The lowest BCUT2D eigenvalue weighted by Crippen LogP contribution is -2.52. The van der Waals surface area contributed by atoms with Crippen molar-refractivity contribution in [2.24, 2.45) is 0 Å². The van der Waals surface area contributed by atoms with Crippen LogP contribution in [0.2, 0.25) is 18.1 Å². The van der Waals surface area contributed by atoms with Crippen molar-refractivity contribution >= 4 is 14.3 Å². The number of hydrogen-bond donors (Lipinski definition) is 1. The Morgan fingerprint density at radius 2 is 1.95 bits per heavy atom. The fourth-order valence-electron chi connectivity index (χ4n) is 1.51. The molecule has 1 aliphatic heterocycles. The van der Waals surface area contributed by atoms with Gasteiger partial charge in [-0.2, -0.15) is 0 Å². The summed E-state index contributed by atoms with van der Waals surface area (Å²) in [5, 5.41) is 10.2. The maximum atomic E-state index is 11.5. The van der Waals surface area contributed by atoms with Crippen LogP contribution in [-0.4, -0.2) is 44.8 Å². The Morgan fingerprint density at radius 1 is 1.37 bits per heavy atom. The maximum Gasteiger partial charge on any atom is 0.349 e. The van der Waals surface area contributed by atoms with E-state index in [1.54, 1.807) is 6.08 Å². The minimum Gasteiger partial charge on any atom is -0.484 e. The molecule has 0 amide bonds. The predicted octanol–water partition coefficient (Wildman–Crippen LogP) is 1.82. The molecule has 1 N–H and O–H groups in total. The molecule has 0 bridgehead atoms. The van der Waals surface area contributed by atoms with E-state index >= 15 is 0 Å². The minimum atomic E-state index is -2.03. The maximum absolute atomic E-state index is 11.5. The zero-order chi connectivity index (χ0) is 14.8. The molecule has 1 rings (SSSR count). The summed E-state index contributed by atoms with van der Waals surface area (Å²) in [5.74, 6) is -0.597. The third kappa shape index (κ3) is 3.58. The van der Waals surface area contributed by atoms with Crippen LogP contribution in [0.4, 0.5) is 0 Å². The number of ether oxygens (including phenoxy) is 2. The lowest BCUT2D eigenvalue weighted by molar-refractivity contribution is -0.162. The van der Waals surface area contributed by atoms with E-state index in [9.17, 15) is 9.90 Å². The highest BCUT2D eigenvalue weighted by Crippen LogP contribution is 2.38. The lowest BCUT2D eigenvalue weighted by Gasteiger charge is -2.41. The molecule has 0 aromatic carbocycles. The van der Waals surface area contributed by atoms with E-state index in [1.165, 1.54) is 13.4 Å². The van der Waals surface area contributed by atoms with Crippen molar-refractivity contribution in [3.05, 3.63) is 12.3 Å². The molecule has 1 aliphatic rings. The third-order valence-corrected chi connectivity index (χ3v) is 8.28. The molecule has 110 valence electrons. The van der Waals surface area contributed by atoms with Gasteiger partial charge in [0.1, 0.15) is 6.10 Å². The SMILES string of the molecule is COC(=O)[C@H]1OC=C[C@@H](O[Si](C)(C)C(C)(C)C)[C@@H]1O. The first-order valence-corrected chi connectivity index (χ1v) is 9.27. The Labute approximate surface area is 115 Å². The molecule has 0 aromatic rings. The summed E-state index contributed by atoms with van der Waals surface area (Å²) < 4.78 is 15.8. The first-order valence-electron chi connectivity index (χ1n) is 6.36. The van der Waals surface area contributed by atoms with Gasteiger partial charge in [-0.1, -0.05) is 20.8 Å². The number of aliphatic hydroxyl groups excluding tert-OH is 1. The molecule has 0 radical (unpaired) electrons. The third-order valence-electron chi connectivity index (χ3n) is 3.81. The van der Waals surface area contributed by atoms with Crippen molar-refractivity contribution in [2.75, 3.05) is 7.11 Å². The predicted molar refractivity (Wildman–Crippen MR) is 74.1 cm³/mol. The van der Waals surface area contributed by atoms with E-state index in [0.29, 0.717) is 0 Å². The zero-order valence-corrected chi connectivity index (χ0v) is 13.5. The number of carbonyl (C=O) groups excluding carboxylic acids is 1. The molecule has 19 heavy (non-hydrogen) atoms. The highest BCUT2D eigenvalue weighted by molar-refractivity contribution is 6.74. The second kappa shape index (κ2) is 5.64. The van der Waals surface area contributed by atoms with Gasteiger partial charge in [0.05, 0.1) is 19.5 Å². The zero-order valence-electron chi connectivity index (χ0n) is 12.5. The van der Waals surface area contributed by atoms with Crippen LogP contribution in [0.1, 0.15) is 20.8 Å². The minimum absolute atomic E-state index is 0.0274. The fourth-order valence-corrected chi connectivity index (χ4v) is 2.76. The van der Waals surface area contributed by atoms with Crippen LogP contribution in [0.5, 0.6) is 0 Å². The number of hydrogen-bond acceptors (Lipinski definition) is 5. The summed E-state index contributed by atoms with van der Waals surface area (Å²) in [6.07, 6.45) is 0.423. The highest BCUT2D eigenvalue weighted by Gasteiger charge is 2.44. The van der Waals surface area contributed by atoms with Crippen LogP contribution in [0.15, 0.2) is 12.3 Å². The van der Waals surface area contributed by atoms with Gasteiger partial charge in [-0.3, -0.25) is 0 Å². The van der Waals surface area contributed by atoms with Crippen LogP contribution in [-0.2, 0) is 18.7 Å². The van der Waals surface area contributed by atoms with Crippen LogP contribution in [0.3, 0.4) is 0 Å². The van der Waals surface area contributed by atoms with Gasteiger partial charge in [0, 0.05) is 0 Å². The van der Waals surface area contributed by atoms with Crippen molar-refractivity contribution in [1.29, 1.82) is 0 Å². The summed E-state index contributed by atoms with van der Waals surface area (Å²) >= 11 is 0. The fraction of sp³-hybridized carbons (Fsp3) is 0.769. The van der Waals surface area contributed by atoms with E-state index in [0.717, 1.165) is 0 Å². The smallest absolute Gasteiger partial charge is 0.349 e. The van der Waals surface area contributed by atoms with E-state index in [-0.39, 0.29) is 5.04 Å². The van der Waals surface area contributed by atoms with Gasteiger partial charge in [-0.05, 0) is 24.2 Å². The summed E-state index contributed by atoms with van der Waals surface area (Å²) in [5.41, 5.74) is 0. The van der Waals surface area contributed by atoms with Crippen molar-refractivity contribution < 1.29 is 23.8 Å². The molecule has 0 spiro atoms. The van der Waals surface area contributed by atoms with Gasteiger partial charge in [0.25, 0.3) is 0 Å². The second-order valence-corrected chi connectivity index (χ2v) is 11.0. The van der Waals surface area contributed by atoms with Gasteiger partial charge in [-0.25, -0.2) is 4.79 Å². The molecule has 3 atom stereocenters. The van der Waals surface area contributed by atoms with Crippen LogP contribution < -0.4 is 0 Å². The molecule has 0 saturated carbocycles. The Hall–Kier alpha value is -0.853. The lowest BCUT2D eigenvalue weighted by atomic mass is 10.1. The summed E-state index contributed by atoms with van der Waals surface area (Å²) in [7, 11) is -0.763. The average molecular weight is 288 g/mol. The van der Waals surface area contributed by atoms with Gasteiger partial charge in [0.15, 0.2) is 8.32 Å².